The van der Waals surface area contributed by atoms with Gasteiger partial charge in [-0.2, -0.15) is 4.98 Å². The molecule has 1 aromatic heterocycles. The number of methoxy groups -OCH3 is 1. The van der Waals surface area contributed by atoms with Crippen molar-refractivity contribution in [1.29, 1.82) is 0 Å². The summed E-state index contributed by atoms with van der Waals surface area (Å²) in [5.41, 5.74) is 7.82. The highest BCUT2D eigenvalue weighted by Crippen LogP contribution is 2.28. The molecular formula is C17H21ClN4O2. The fourth-order valence-corrected chi connectivity index (χ4v) is 3.05. The maximum absolute atomic E-state index is 6.11. The van der Waals surface area contributed by atoms with E-state index in [-0.39, 0.29) is 11.9 Å². The summed E-state index contributed by atoms with van der Waals surface area (Å²) < 4.78 is 10.9. The number of hydrogen-bond donors (Lipinski definition) is 1. The number of ether oxygens (including phenoxy) is 2. The Morgan fingerprint density at radius 1 is 1.38 bits per heavy atom. The van der Waals surface area contributed by atoms with E-state index in [1.165, 1.54) is 0 Å². The van der Waals surface area contributed by atoms with Crippen LogP contribution in [0.15, 0.2) is 24.3 Å². The molecule has 128 valence electrons. The molecule has 24 heavy (non-hydrogen) atoms. The molecule has 1 aliphatic rings. The van der Waals surface area contributed by atoms with Crippen molar-refractivity contribution in [2.75, 3.05) is 38.0 Å². The Balaban J connectivity index is 1.84. The molecule has 0 radical (unpaired) electrons. The highest BCUT2D eigenvalue weighted by atomic mass is 35.5. The van der Waals surface area contributed by atoms with E-state index in [1.54, 1.807) is 7.11 Å². The number of benzene rings is 1. The fraction of sp³-hybridized carbons (Fsp3) is 0.412. The van der Waals surface area contributed by atoms with Crippen LogP contribution in [0.1, 0.15) is 23.6 Å². The summed E-state index contributed by atoms with van der Waals surface area (Å²) in [6.07, 6.45) is 0.960. The van der Waals surface area contributed by atoms with Crippen LogP contribution < -0.4 is 15.4 Å². The van der Waals surface area contributed by atoms with Crippen LogP contribution in [0.25, 0.3) is 0 Å². The van der Waals surface area contributed by atoms with Crippen molar-refractivity contribution in [2.45, 2.75) is 18.9 Å². The average Bonchev–Trinajstić information content (AvgIpc) is 3.09. The molecule has 3 rings (SSSR count). The molecule has 1 aliphatic heterocycles. The van der Waals surface area contributed by atoms with Gasteiger partial charge in [-0.05, 0) is 24.6 Å². The number of anilines is 2. The minimum Gasteiger partial charge on any atom is -0.496 e. The van der Waals surface area contributed by atoms with Crippen molar-refractivity contribution in [3.63, 3.8) is 0 Å². The predicted molar refractivity (Wildman–Crippen MR) is 94.7 cm³/mol. The van der Waals surface area contributed by atoms with E-state index in [9.17, 15) is 0 Å². The van der Waals surface area contributed by atoms with E-state index in [1.807, 2.05) is 36.2 Å². The van der Waals surface area contributed by atoms with Crippen LogP contribution in [0.5, 0.6) is 5.75 Å². The van der Waals surface area contributed by atoms with Crippen molar-refractivity contribution in [3.05, 3.63) is 40.5 Å². The first kappa shape index (κ1) is 16.8. The molecule has 0 spiro atoms. The molecule has 2 N–H and O–H groups in total. The van der Waals surface area contributed by atoms with Gasteiger partial charge < -0.3 is 20.1 Å². The van der Waals surface area contributed by atoms with Gasteiger partial charge in [-0.25, -0.2) is 4.98 Å². The second-order valence-electron chi connectivity index (χ2n) is 5.88. The van der Waals surface area contributed by atoms with Gasteiger partial charge in [0.25, 0.3) is 0 Å². The molecule has 0 amide bonds. The molecule has 1 atom stereocenters. The monoisotopic (exact) mass is 348 g/mol. The second-order valence-corrected chi connectivity index (χ2v) is 6.32. The van der Waals surface area contributed by atoms with Crippen molar-refractivity contribution in [2.24, 2.45) is 0 Å². The Kier molecular flexibility index (Phi) is 5.06. The lowest BCUT2D eigenvalue weighted by atomic mass is 10.0. The van der Waals surface area contributed by atoms with Crippen molar-refractivity contribution < 1.29 is 9.47 Å². The van der Waals surface area contributed by atoms with Gasteiger partial charge in [-0.1, -0.05) is 11.6 Å². The fourth-order valence-electron chi connectivity index (χ4n) is 2.85. The third kappa shape index (κ3) is 3.71. The standard InChI is InChI=1S/C17H21ClN4O2/c1-22(9-12-7-13(18)3-4-15(12)23-2)16-8-14(20-17(19)21-16)11-5-6-24-10-11/h3-4,7-8,11H,5-6,9-10H2,1-2H3,(H2,19,20,21). The Labute approximate surface area is 146 Å². The van der Waals surface area contributed by atoms with Crippen molar-refractivity contribution >= 4 is 23.4 Å². The Morgan fingerprint density at radius 2 is 2.21 bits per heavy atom. The smallest absolute Gasteiger partial charge is 0.222 e. The quantitative estimate of drug-likeness (QED) is 0.895. The third-order valence-corrected chi connectivity index (χ3v) is 4.37. The average molecular weight is 349 g/mol. The third-order valence-electron chi connectivity index (χ3n) is 4.14. The first-order chi connectivity index (χ1) is 11.6. The summed E-state index contributed by atoms with van der Waals surface area (Å²) in [4.78, 5) is 10.7. The first-order valence-corrected chi connectivity index (χ1v) is 8.20. The molecule has 2 heterocycles. The highest BCUT2D eigenvalue weighted by molar-refractivity contribution is 6.30. The van der Waals surface area contributed by atoms with Gasteiger partial charge in [-0.3, -0.25) is 0 Å². The number of nitrogens with zero attached hydrogens (tertiary/aromatic N) is 3. The molecular weight excluding hydrogens is 328 g/mol. The molecule has 1 unspecified atom stereocenters. The summed E-state index contributed by atoms with van der Waals surface area (Å²) in [5.74, 6) is 2.12. The van der Waals surface area contributed by atoms with E-state index >= 15 is 0 Å². The van der Waals surface area contributed by atoms with Gasteiger partial charge >= 0.3 is 0 Å². The van der Waals surface area contributed by atoms with Gasteiger partial charge in [0.15, 0.2) is 0 Å². The van der Waals surface area contributed by atoms with E-state index in [4.69, 9.17) is 26.8 Å². The van der Waals surface area contributed by atoms with Crippen LogP contribution in [0.4, 0.5) is 11.8 Å². The minimum atomic E-state index is 0.277. The van der Waals surface area contributed by atoms with Gasteiger partial charge in [0.2, 0.25) is 5.95 Å². The van der Waals surface area contributed by atoms with Gasteiger partial charge in [0.05, 0.1) is 19.4 Å². The Hall–Kier alpha value is -2.05. The van der Waals surface area contributed by atoms with Gasteiger partial charge in [-0.15, -0.1) is 0 Å². The summed E-state index contributed by atoms with van der Waals surface area (Å²) in [5, 5.41) is 0.671. The Morgan fingerprint density at radius 3 is 2.92 bits per heavy atom. The lowest BCUT2D eigenvalue weighted by molar-refractivity contribution is 0.193. The van der Waals surface area contributed by atoms with Crippen LogP contribution in [0, 0.1) is 0 Å². The molecule has 0 saturated carbocycles. The molecule has 1 saturated heterocycles. The van der Waals surface area contributed by atoms with Crippen LogP contribution in [-0.2, 0) is 11.3 Å². The van der Waals surface area contributed by atoms with E-state index in [0.717, 1.165) is 35.9 Å². The summed E-state index contributed by atoms with van der Waals surface area (Å²) in [6, 6.07) is 7.55. The van der Waals surface area contributed by atoms with Crippen molar-refractivity contribution in [3.8, 4) is 5.75 Å². The SMILES string of the molecule is COc1ccc(Cl)cc1CN(C)c1cc(C2CCOC2)nc(N)n1. The lowest BCUT2D eigenvalue weighted by Gasteiger charge is -2.21. The molecule has 6 nitrogen and oxygen atoms in total. The number of halogens is 1. The minimum absolute atomic E-state index is 0.277. The molecule has 1 aromatic carbocycles. The van der Waals surface area contributed by atoms with E-state index in [0.29, 0.717) is 18.2 Å². The summed E-state index contributed by atoms with van der Waals surface area (Å²) in [6.45, 7) is 2.04. The van der Waals surface area contributed by atoms with Crippen molar-refractivity contribution in [1.82, 2.24) is 9.97 Å². The number of nitrogen functional groups attached to an aromatic ring is 1. The summed E-state index contributed by atoms with van der Waals surface area (Å²) in [7, 11) is 3.60. The van der Waals surface area contributed by atoms with E-state index in [2.05, 4.69) is 9.97 Å². The summed E-state index contributed by atoms with van der Waals surface area (Å²) >= 11 is 6.11. The molecule has 2 aromatic rings. The van der Waals surface area contributed by atoms with E-state index < -0.39 is 0 Å². The first-order valence-electron chi connectivity index (χ1n) is 7.82. The number of rotatable bonds is 5. The molecule has 0 bridgehead atoms. The zero-order valence-electron chi connectivity index (χ0n) is 13.8. The van der Waals surface area contributed by atoms with Crippen LogP contribution in [0.2, 0.25) is 5.02 Å². The maximum atomic E-state index is 6.11. The number of nitrogens with two attached hydrogens (primary N) is 1. The maximum Gasteiger partial charge on any atom is 0.222 e. The zero-order valence-corrected chi connectivity index (χ0v) is 14.6. The lowest BCUT2D eigenvalue weighted by Crippen LogP contribution is -2.20. The number of aromatic nitrogens is 2. The van der Waals surface area contributed by atoms with Crippen LogP contribution >= 0.6 is 11.6 Å². The largest absolute Gasteiger partial charge is 0.496 e. The predicted octanol–water partition coefficient (Wildman–Crippen LogP) is 2.86. The Bertz CT molecular complexity index is 720. The topological polar surface area (TPSA) is 73.5 Å². The van der Waals surface area contributed by atoms with Crippen LogP contribution in [0.3, 0.4) is 0 Å². The number of hydrogen-bond acceptors (Lipinski definition) is 6. The molecule has 1 fully saturated rings. The second kappa shape index (κ2) is 7.23. The zero-order chi connectivity index (χ0) is 17.1. The molecule has 0 aliphatic carbocycles. The highest BCUT2D eigenvalue weighted by Gasteiger charge is 2.21. The molecule has 7 heteroatoms. The van der Waals surface area contributed by atoms with Crippen LogP contribution in [-0.4, -0.2) is 37.3 Å². The van der Waals surface area contributed by atoms with Gasteiger partial charge in [0, 0.05) is 42.8 Å². The normalized spacial score (nSPS) is 17.0. The van der Waals surface area contributed by atoms with Gasteiger partial charge in [0.1, 0.15) is 11.6 Å².